The molecule has 1 saturated heterocycles. The van der Waals surface area contributed by atoms with Gasteiger partial charge in [-0.3, -0.25) is 4.79 Å². The Kier molecular flexibility index (Phi) is 5.10. The van der Waals surface area contributed by atoms with Crippen molar-refractivity contribution in [1.82, 2.24) is 5.32 Å². The Morgan fingerprint density at radius 3 is 2.39 bits per heavy atom. The van der Waals surface area contributed by atoms with Crippen LogP contribution in [0.3, 0.4) is 0 Å². The van der Waals surface area contributed by atoms with Crippen molar-refractivity contribution in [2.75, 3.05) is 0 Å². The van der Waals surface area contributed by atoms with Crippen molar-refractivity contribution >= 4 is 50.5 Å². The van der Waals surface area contributed by atoms with E-state index in [1.165, 1.54) is 11.8 Å². The number of carbonyl (C=O) groups excluding carboxylic acids is 1. The second-order valence-corrected chi connectivity index (χ2v) is 6.70. The average Bonchev–Trinajstić information content (AvgIpc) is 2.88. The molecular weight excluding hydrogens is 372 g/mol. The zero-order chi connectivity index (χ0) is 16.1. The van der Waals surface area contributed by atoms with E-state index in [-0.39, 0.29) is 5.91 Å². The van der Waals surface area contributed by atoms with Crippen molar-refractivity contribution in [3.8, 4) is 0 Å². The zero-order valence-corrected chi connectivity index (χ0v) is 14.5. The van der Waals surface area contributed by atoms with E-state index in [0.29, 0.717) is 10.1 Å². The smallest absolute Gasteiger partial charge is 0.264 e. The fourth-order valence-corrected chi connectivity index (χ4v) is 3.45. The van der Waals surface area contributed by atoms with Crippen molar-refractivity contribution in [1.29, 1.82) is 0 Å². The topological polar surface area (TPSA) is 41.5 Å². The maximum absolute atomic E-state index is 12.0. The maximum Gasteiger partial charge on any atom is 0.264 e. The SMILES string of the molecule is O=C1NC(=Nc2ccccc2)S/C1=C/C(Br)=C/c1ccccc1. The summed E-state index contributed by atoms with van der Waals surface area (Å²) in [5.41, 5.74) is 1.88. The summed E-state index contributed by atoms with van der Waals surface area (Å²) in [6.45, 7) is 0. The van der Waals surface area contributed by atoms with Gasteiger partial charge < -0.3 is 5.32 Å². The van der Waals surface area contributed by atoms with Crippen LogP contribution in [0.4, 0.5) is 5.69 Å². The summed E-state index contributed by atoms with van der Waals surface area (Å²) in [5.74, 6) is -0.136. The molecule has 5 heteroatoms. The van der Waals surface area contributed by atoms with Crippen LogP contribution >= 0.6 is 27.7 Å². The third-order valence-electron chi connectivity index (χ3n) is 3.01. The highest BCUT2D eigenvalue weighted by atomic mass is 79.9. The normalized spacial score (nSPS) is 18.5. The van der Waals surface area contributed by atoms with Crippen molar-refractivity contribution in [2.24, 2.45) is 4.99 Å². The van der Waals surface area contributed by atoms with Crippen molar-refractivity contribution < 1.29 is 4.79 Å². The van der Waals surface area contributed by atoms with E-state index in [2.05, 4.69) is 26.2 Å². The summed E-state index contributed by atoms with van der Waals surface area (Å²) in [6, 6.07) is 19.5. The van der Waals surface area contributed by atoms with Crippen LogP contribution in [0.15, 0.2) is 81.1 Å². The Bertz CT molecular complexity index is 798. The van der Waals surface area contributed by atoms with Crippen molar-refractivity contribution in [2.45, 2.75) is 0 Å². The molecule has 0 bridgehead atoms. The predicted octanol–water partition coefficient (Wildman–Crippen LogP) is 4.86. The van der Waals surface area contributed by atoms with Gasteiger partial charge in [-0.1, -0.05) is 64.5 Å². The van der Waals surface area contributed by atoms with E-state index in [1.54, 1.807) is 6.08 Å². The van der Waals surface area contributed by atoms with Crippen LogP contribution in [-0.4, -0.2) is 11.1 Å². The molecule has 2 aromatic carbocycles. The zero-order valence-electron chi connectivity index (χ0n) is 12.1. The summed E-state index contributed by atoms with van der Waals surface area (Å²) < 4.78 is 0.835. The van der Waals surface area contributed by atoms with Crippen LogP contribution in [0.5, 0.6) is 0 Å². The molecule has 0 aromatic heterocycles. The molecule has 114 valence electrons. The molecule has 1 aliphatic rings. The molecule has 0 radical (unpaired) electrons. The van der Waals surface area contributed by atoms with E-state index >= 15 is 0 Å². The van der Waals surface area contributed by atoms with Gasteiger partial charge in [0.25, 0.3) is 5.91 Å². The first kappa shape index (κ1) is 15.8. The highest BCUT2D eigenvalue weighted by molar-refractivity contribution is 9.12. The lowest BCUT2D eigenvalue weighted by atomic mass is 10.2. The minimum absolute atomic E-state index is 0.136. The Morgan fingerprint density at radius 2 is 1.70 bits per heavy atom. The fourth-order valence-electron chi connectivity index (χ4n) is 1.98. The van der Waals surface area contributed by atoms with Gasteiger partial charge in [-0.2, -0.15) is 0 Å². The number of halogens is 1. The standard InChI is InChI=1S/C18H13BrN2OS/c19-14(11-13-7-3-1-4-8-13)12-16-17(22)21-18(23-16)20-15-9-5-2-6-10-15/h1-12H,(H,20,21,22)/b14-11-,16-12+. The molecule has 3 nitrogen and oxygen atoms in total. The molecular formula is C18H13BrN2OS. The number of hydrogen-bond acceptors (Lipinski definition) is 3. The number of thioether (sulfide) groups is 1. The van der Waals surface area contributed by atoms with E-state index in [9.17, 15) is 4.79 Å². The first-order chi connectivity index (χ1) is 11.2. The molecule has 1 heterocycles. The predicted molar refractivity (Wildman–Crippen MR) is 101 cm³/mol. The number of allylic oxidation sites excluding steroid dienone is 2. The third-order valence-corrected chi connectivity index (χ3v) is 4.38. The summed E-state index contributed by atoms with van der Waals surface area (Å²) >= 11 is 4.82. The summed E-state index contributed by atoms with van der Waals surface area (Å²) in [5, 5.41) is 3.37. The minimum Gasteiger partial charge on any atom is -0.300 e. The molecule has 23 heavy (non-hydrogen) atoms. The highest BCUT2D eigenvalue weighted by Crippen LogP contribution is 2.28. The molecule has 0 aliphatic carbocycles. The van der Waals surface area contributed by atoms with Crippen molar-refractivity contribution in [3.05, 3.63) is 81.7 Å². The molecule has 0 atom stereocenters. The van der Waals surface area contributed by atoms with Gasteiger partial charge in [0.15, 0.2) is 5.17 Å². The first-order valence-electron chi connectivity index (χ1n) is 6.97. The lowest BCUT2D eigenvalue weighted by Crippen LogP contribution is -2.19. The number of hydrogen-bond donors (Lipinski definition) is 1. The van der Waals surface area contributed by atoms with Crippen LogP contribution < -0.4 is 5.32 Å². The number of benzene rings is 2. The number of amides is 1. The van der Waals surface area contributed by atoms with Crippen molar-refractivity contribution in [3.63, 3.8) is 0 Å². The van der Waals surface area contributed by atoms with Gasteiger partial charge in [0, 0.05) is 4.48 Å². The largest absolute Gasteiger partial charge is 0.300 e. The van der Waals surface area contributed by atoms with E-state index in [4.69, 9.17) is 0 Å². The molecule has 0 unspecified atom stereocenters. The minimum atomic E-state index is -0.136. The quantitative estimate of drug-likeness (QED) is 0.767. The van der Waals surface area contributed by atoms with Crippen LogP contribution in [-0.2, 0) is 4.79 Å². The van der Waals surface area contributed by atoms with Crippen LogP contribution in [0.2, 0.25) is 0 Å². The number of carbonyl (C=O) groups is 1. The number of nitrogens with one attached hydrogen (secondary N) is 1. The first-order valence-corrected chi connectivity index (χ1v) is 8.58. The van der Waals surface area contributed by atoms with Gasteiger partial charge in [-0.25, -0.2) is 4.99 Å². The Labute approximate surface area is 147 Å². The van der Waals surface area contributed by atoms with Gasteiger partial charge in [0.2, 0.25) is 0 Å². The molecule has 0 spiro atoms. The van der Waals surface area contributed by atoms with Gasteiger partial charge in [-0.05, 0) is 41.6 Å². The molecule has 1 aliphatic heterocycles. The van der Waals surface area contributed by atoms with Gasteiger partial charge in [-0.15, -0.1) is 0 Å². The molecule has 1 N–H and O–H groups in total. The van der Waals surface area contributed by atoms with E-state index < -0.39 is 0 Å². The fraction of sp³-hybridized carbons (Fsp3) is 0. The average molecular weight is 385 g/mol. The monoisotopic (exact) mass is 384 g/mol. The van der Waals surface area contributed by atoms with Gasteiger partial charge in [0.05, 0.1) is 10.6 Å². The lowest BCUT2D eigenvalue weighted by molar-refractivity contribution is -0.115. The Hall–Kier alpha value is -2.11. The number of nitrogens with zero attached hydrogens (tertiary/aromatic N) is 1. The number of amidine groups is 1. The maximum atomic E-state index is 12.0. The number of para-hydroxylation sites is 1. The summed E-state index contributed by atoms with van der Waals surface area (Å²) in [7, 11) is 0. The molecule has 2 aromatic rings. The van der Waals surface area contributed by atoms with Crippen LogP contribution in [0.1, 0.15) is 5.56 Å². The summed E-state index contributed by atoms with van der Waals surface area (Å²) in [6.07, 6.45) is 3.77. The lowest BCUT2D eigenvalue weighted by Gasteiger charge is -1.95. The van der Waals surface area contributed by atoms with Gasteiger partial charge in [0.1, 0.15) is 0 Å². The molecule has 1 amide bonds. The molecule has 3 rings (SSSR count). The molecule has 1 fully saturated rings. The third kappa shape index (κ3) is 4.43. The second-order valence-electron chi connectivity index (χ2n) is 4.76. The van der Waals surface area contributed by atoms with Gasteiger partial charge >= 0.3 is 0 Å². The highest BCUT2D eigenvalue weighted by Gasteiger charge is 2.23. The summed E-state index contributed by atoms with van der Waals surface area (Å²) in [4.78, 5) is 17.1. The number of aliphatic imine (C=N–C) groups is 1. The second kappa shape index (κ2) is 7.44. The molecule has 0 saturated carbocycles. The number of rotatable bonds is 3. The van der Waals surface area contributed by atoms with Crippen LogP contribution in [0.25, 0.3) is 6.08 Å². The Balaban J connectivity index is 1.77. The van der Waals surface area contributed by atoms with E-state index in [1.807, 2.05) is 66.7 Å². The van der Waals surface area contributed by atoms with Crippen LogP contribution in [0, 0.1) is 0 Å². The Morgan fingerprint density at radius 1 is 1.04 bits per heavy atom. The van der Waals surface area contributed by atoms with E-state index in [0.717, 1.165) is 15.7 Å².